The van der Waals surface area contributed by atoms with Crippen molar-refractivity contribution in [3.63, 3.8) is 0 Å². The molecule has 17 heavy (non-hydrogen) atoms. The fourth-order valence-electron chi connectivity index (χ4n) is 1.47. The molecular formula is C11H12N4O2. The van der Waals surface area contributed by atoms with Crippen molar-refractivity contribution in [3.8, 4) is 0 Å². The Hall–Kier alpha value is -2.37. The SMILES string of the molecule is Cc1nn(C)cc1Nc1ccc(C(=O)O)nc1. The van der Waals surface area contributed by atoms with Crippen molar-refractivity contribution < 1.29 is 9.90 Å². The standard InChI is InChI=1S/C11H12N4O2/c1-7-10(6-15(2)14-7)13-8-3-4-9(11(16)17)12-5-8/h3-6,13H,1-2H3,(H,16,17). The monoisotopic (exact) mass is 232 g/mol. The molecule has 0 aromatic carbocycles. The van der Waals surface area contributed by atoms with Crippen molar-refractivity contribution in [2.45, 2.75) is 6.92 Å². The Labute approximate surface area is 97.9 Å². The lowest BCUT2D eigenvalue weighted by molar-refractivity contribution is 0.0690. The highest BCUT2D eigenvalue weighted by Crippen LogP contribution is 2.18. The zero-order valence-electron chi connectivity index (χ0n) is 9.51. The molecule has 0 bridgehead atoms. The fourth-order valence-corrected chi connectivity index (χ4v) is 1.47. The van der Waals surface area contributed by atoms with Crippen LogP contribution in [0.3, 0.4) is 0 Å². The number of nitrogens with zero attached hydrogens (tertiary/aromatic N) is 3. The van der Waals surface area contributed by atoms with Crippen LogP contribution in [-0.4, -0.2) is 25.8 Å². The second-order valence-electron chi connectivity index (χ2n) is 3.66. The van der Waals surface area contributed by atoms with Crippen LogP contribution in [0.1, 0.15) is 16.2 Å². The van der Waals surface area contributed by atoms with Crippen LogP contribution in [0.15, 0.2) is 24.5 Å². The van der Waals surface area contributed by atoms with Gasteiger partial charge in [-0.2, -0.15) is 5.10 Å². The van der Waals surface area contributed by atoms with Gasteiger partial charge in [0, 0.05) is 13.2 Å². The number of hydrogen-bond acceptors (Lipinski definition) is 4. The number of aryl methyl sites for hydroxylation is 2. The second kappa shape index (κ2) is 4.25. The molecule has 0 unspecified atom stereocenters. The molecule has 2 N–H and O–H groups in total. The number of pyridine rings is 1. The molecule has 2 heterocycles. The molecular weight excluding hydrogens is 220 g/mol. The van der Waals surface area contributed by atoms with E-state index in [-0.39, 0.29) is 5.69 Å². The largest absolute Gasteiger partial charge is 0.477 e. The van der Waals surface area contributed by atoms with E-state index in [0.29, 0.717) is 0 Å². The molecule has 0 aliphatic heterocycles. The Morgan fingerprint density at radius 2 is 2.24 bits per heavy atom. The van der Waals surface area contributed by atoms with Crippen molar-refractivity contribution in [2.24, 2.45) is 7.05 Å². The summed E-state index contributed by atoms with van der Waals surface area (Å²) in [6.45, 7) is 1.89. The first kappa shape index (κ1) is 11.1. The first-order chi connectivity index (χ1) is 8.06. The molecule has 0 radical (unpaired) electrons. The molecule has 0 spiro atoms. The zero-order chi connectivity index (χ0) is 12.4. The lowest BCUT2D eigenvalue weighted by atomic mass is 10.3. The van der Waals surface area contributed by atoms with Crippen LogP contribution in [0.5, 0.6) is 0 Å². The minimum atomic E-state index is -1.03. The number of carboxylic acids is 1. The highest BCUT2D eigenvalue weighted by Gasteiger charge is 2.06. The van der Waals surface area contributed by atoms with Crippen LogP contribution in [0.25, 0.3) is 0 Å². The number of rotatable bonds is 3. The molecule has 2 aromatic heterocycles. The summed E-state index contributed by atoms with van der Waals surface area (Å²) >= 11 is 0. The minimum Gasteiger partial charge on any atom is -0.477 e. The molecule has 6 heteroatoms. The Balaban J connectivity index is 2.19. The van der Waals surface area contributed by atoms with E-state index in [4.69, 9.17) is 5.11 Å². The van der Waals surface area contributed by atoms with Gasteiger partial charge in [-0.05, 0) is 19.1 Å². The molecule has 0 saturated heterocycles. The number of aromatic carboxylic acids is 1. The first-order valence-electron chi connectivity index (χ1n) is 5.03. The van der Waals surface area contributed by atoms with Crippen molar-refractivity contribution in [3.05, 3.63) is 35.9 Å². The third-order valence-corrected chi connectivity index (χ3v) is 2.28. The molecule has 6 nitrogen and oxygen atoms in total. The Bertz CT molecular complexity index is 545. The van der Waals surface area contributed by atoms with Crippen LogP contribution in [-0.2, 0) is 7.05 Å². The Morgan fingerprint density at radius 3 is 2.71 bits per heavy atom. The normalized spacial score (nSPS) is 10.2. The van der Waals surface area contributed by atoms with E-state index in [2.05, 4.69) is 15.4 Å². The maximum atomic E-state index is 10.6. The van der Waals surface area contributed by atoms with E-state index >= 15 is 0 Å². The van der Waals surface area contributed by atoms with Crippen molar-refractivity contribution in [1.29, 1.82) is 0 Å². The summed E-state index contributed by atoms with van der Waals surface area (Å²) in [4.78, 5) is 14.5. The predicted octanol–water partition coefficient (Wildman–Crippen LogP) is 1.57. The first-order valence-corrected chi connectivity index (χ1v) is 5.03. The molecule has 0 aliphatic carbocycles. The van der Waals surface area contributed by atoms with E-state index in [0.717, 1.165) is 17.1 Å². The Kier molecular flexibility index (Phi) is 2.78. The van der Waals surface area contributed by atoms with Gasteiger partial charge in [0.2, 0.25) is 0 Å². The summed E-state index contributed by atoms with van der Waals surface area (Å²) in [6, 6.07) is 3.12. The summed E-state index contributed by atoms with van der Waals surface area (Å²) < 4.78 is 1.71. The van der Waals surface area contributed by atoms with Gasteiger partial charge < -0.3 is 10.4 Å². The zero-order valence-corrected chi connectivity index (χ0v) is 9.51. The molecule has 88 valence electrons. The molecule has 2 rings (SSSR count). The summed E-state index contributed by atoms with van der Waals surface area (Å²) in [7, 11) is 1.84. The number of hydrogen-bond donors (Lipinski definition) is 2. The molecule has 0 atom stereocenters. The van der Waals surface area contributed by atoms with Crippen molar-refractivity contribution in [2.75, 3.05) is 5.32 Å². The van der Waals surface area contributed by atoms with Gasteiger partial charge in [0.25, 0.3) is 0 Å². The molecule has 2 aromatic rings. The lowest BCUT2D eigenvalue weighted by Gasteiger charge is -2.03. The van der Waals surface area contributed by atoms with Gasteiger partial charge in [-0.25, -0.2) is 9.78 Å². The lowest BCUT2D eigenvalue weighted by Crippen LogP contribution is -2.00. The van der Waals surface area contributed by atoms with Crippen molar-refractivity contribution >= 4 is 17.3 Å². The summed E-state index contributed by atoms with van der Waals surface area (Å²) in [5.74, 6) is -1.03. The Morgan fingerprint density at radius 1 is 1.47 bits per heavy atom. The highest BCUT2D eigenvalue weighted by molar-refractivity contribution is 5.85. The average molecular weight is 232 g/mol. The topological polar surface area (TPSA) is 80.0 Å². The van der Waals surface area contributed by atoms with Crippen LogP contribution in [0, 0.1) is 6.92 Å². The van der Waals surface area contributed by atoms with Crippen LogP contribution < -0.4 is 5.32 Å². The summed E-state index contributed by atoms with van der Waals surface area (Å²) in [6.07, 6.45) is 3.33. The van der Waals surface area contributed by atoms with Gasteiger partial charge in [0.15, 0.2) is 0 Å². The number of anilines is 2. The van der Waals surface area contributed by atoms with Crippen LogP contribution >= 0.6 is 0 Å². The number of carbonyl (C=O) groups is 1. The molecule has 0 fully saturated rings. The van der Waals surface area contributed by atoms with E-state index in [9.17, 15) is 4.79 Å². The molecule has 0 saturated carbocycles. The predicted molar refractivity (Wildman–Crippen MR) is 62.4 cm³/mol. The van der Waals surface area contributed by atoms with Gasteiger partial charge in [0.05, 0.1) is 23.3 Å². The number of nitrogens with one attached hydrogen (secondary N) is 1. The van der Waals surface area contributed by atoms with Gasteiger partial charge in [-0.15, -0.1) is 0 Å². The van der Waals surface area contributed by atoms with Crippen molar-refractivity contribution in [1.82, 2.24) is 14.8 Å². The minimum absolute atomic E-state index is 0.0264. The molecule has 0 aliphatic rings. The van der Waals surface area contributed by atoms with Crippen LogP contribution in [0.4, 0.5) is 11.4 Å². The van der Waals surface area contributed by atoms with E-state index in [1.807, 2.05) is 20.2 Å². The third kappa shape index (κ3) is 2.41. The maximum absolute atomic E-state index is 10.6. The van der Waals surface area contributed by atoms with Gasteiger partial charge in [-0.1, -0.05) is 0 Å². The van der Waals surface area contributed by atoms with Crippen LogP contribution in [0.2, 0.25) is 0 Å². The average Bonchev–Trinajstić information content (AvgIpc) is 2.58. The van der Waals surface area contributed by atoms with Gasteiger partial charge in [-0.3, -0.25) is 4.68 Å². The van der Waals surface area contributed by atoms with E-state index in [1.54, 1.807) is 10.7 Å². The third-order valence-electron chi connectivity index (χ3n) is 2.28. The molecule has 0 amide bonds. The quantitative estimate of drug-likeness (QED) is 0.839. The summed E-state index contributed by atoms with van der Waals surface area (Å²) in [5, 5.41) is 16.0. The number of carboxylic acid groups (broad SMARTS) is 1. The maximum Gasteiger partial charge on any atom is 0.354 e. The van der Waals surface area contributed by atoms with E-state index < -0.39 is 5.97 Å². The highest BCUT2D eigenvalue weighted by atomic mass is 16.4. The second-order valence-corrected chi connectivity index (χ2v) is 3.66. The fraction of sp³-hybridized carbons (Fsp3) is 0.182. The van der Waals surface area contributed by atoms with E-state index in [1.165, 1.54) is 12.3 Å². The van der Waals surface area contributed by atoms with Gasteiger partial charge >= 0.3 is 5.97 Å². The number of aromatic nitrogens is 3. The van der Waals surface area contributed by atoms with Gasteiger partial charge in [0.1, 0.15) is 5.69 Å². The smallest absolute Gasteiger partial charge is 0.354 e. The summed E-state index contributed by atoms with van der Waals surface area (Å²) in [5.41, 5.74) is 2.50.